The zero-order valence-corrected chi connectivity index (χ0v) is 7.39. The Morgan fingerprint density at radius 1 is 1.30 bits per heavy atom. The smallest absolute Gasteiger partial charge is 0.0831 e. The molecule has 2 nitrogen and oxygen atoms in total. The zero-order valence-electron chi connectivity index (χ0n) is 7.39. The third kappa shape index (κ3) is 3.18. The average molecular weight is 146 g/mol. The second-order valence-electron chi connectivity index (χ2n) is 2.34. The van der Waals surface area contributed by atoms with Gasteiger partial charge in [0.2, 0.25) is 0 Å². The van der Waals surface area contributed by atoms with Crippen LogP contribution in [-0.4, -0.2) is 25.9 Å². The molecule has 0 aromatic heterocycles. The molecular formula is C8H18O2. The lowest BCUT2D eigenvalue weighted by Gasteiger charge is -2.20. The van der Waals surface area contributed by atoms with E-state index in [-0.39, 0.29) is 12.2 Å². The molecule has 0 heterocycles. The predicted molar refractivity (Wildman–Crippen MR) is 42.2 cm³/mol. The number of hydrogen-bond acceptors (Lipinski definition) is 2. The Bertz CT molecular complexity index is 73.7. The fraction of sp³-hybridized carbons (Fsp3) is 1.00. The molecule has 1 unspecified atom stereocenters. The van der Waals surface area contributed by atoms with Crippen molar-refractivity contribution in [1.29, 1.82) is 0 Å². The number of rotatable bonds is 5. The highest BCUT2D eigenvalue weighted by Crippen LogP contribution is 2.06. The maximum absolute atomic E-state index is 5.42. The van der Waals surface area contributed by atoms with E-state index in [1.54, 1.807) is 7.11 Å². The van der Waals surface area contributed by atoms with E-state index in [2.05, 4.69) is 6.92 Å². The van der Waals surface area contributed by atoms with E-state index >= 15 is 0 Å². The van der Waals surface area contributed by atoms with Gasteiger partial charge in [-0.1, -0.05) is 6.92 Å². The summed E-state index contributed by atoms with van der Waals surface area (Å²) in [5.74, 6) is 0. The van der Waals surface area contributed by atoms with Crippen LogP contribution in [0.1, 0.15) is 27.2 Å². The van der Waals surface area contributed by atoms with Gasteiger partial charge in [0, 0.05) is 13.7 Å². The molecule has 0 bridgehead atoms. The molecule has 0 aliphatic rings. The van der Waals surface area contributed by atoms with Gasteiger partial charge in [-0.2, -0.15) is 0 Å². The highest BCUT2D eigenvalue weighted by molar-refractivity contribution is 4.62. The Morgan fingerprint density at radius 2 is 1.90 bits per heavy atom. The highest BCUT2D eigenvalue weighted by Gasteiger charge is 2.13. The van der Waals surface area contributed by atoms with Crippen molar-refractivity contribution in [1.82, 2.24) is 0 Å². The van der Waals surface area contributed by atoms with Crippen LogP contribution in [0.3, 0.4) is 0 Å². The van der Waals surface area contributed by atoms with Gasteiger partial charge >= 0.3 is 0 Å². The van der Waals surface area contributed by atoms with Gasteiger partial charge in [-0.15, -0.1) is 0 Å². The summed E-state index contributed by atoms with van der Waals surface area (Å²) in [6, 6.07) is 0. The maximum atomic E-state index is 5.42. The van der Waals surface area contributed by atoms with Crippen LogP contribution in [-0.2, 0) is 9.47 Å². The summed E-state index contributed by atoms with van der Waals surface area (Å²) in [5.41, 5.74) is 0. The van der Waals surface area contributed by atoms with Crippen molar-refractivity contribution in [3.8, 4) is 0 Å². The lowest BCUT2D eigenvalue weighted by molar-refractivity contribution is -0.0451. The molecular weight excluding hydrogens is 128 g/mol. The molecule has 0 aliphatic heterocycles. The van der Waals surface area contributed by atoms with Gasteiger partial charge in [-0.25, -0.2) is 0 Å². The third-order valence-corrected chi connectivity index (χ3v) is 1.68. The minimum atomic E-state index is 0.213. The fourth-order valence-electron chi connectivity index (χ4n) is 0.951. The lowest BCUT2D eigenvalue weighted by Crippen LogP contribution is -2.27. The first kappa shape index (κ1) is 9.92. The monoisotopic (exact) mass is 146 g/mol. The average Bonchev–Trinajstić information content (AvgIpc) is 1.99. The Morgan fingerprint density at radius 3 is 2.20 bits per heavy atom. The van der Waals surface area contributed by atoms with Crippen LogP contribution in [0.15, 0.2) is 0 Å². The van der Waals surface area contributed by atoms with Crippen LogP contribution in [0, 0.1) is 0 Å². The van der Waals surface area contributed by atoms with Crippen molar-refractivity contribution in [2.45, 2.75) is 39.4 Å². The first-order valence-corrected chi connectivity index (χ1v) is 3.90. The molecule has 0 rings (SSSR count). The van der Waals surface area contributed by atoms with Crippen molar-refractivity contribution in [2.75, 3.05) is 13.7 Å². The summed E-state index contributed by atoms with van der Waals surface area (Å²) in [5, 5.41) is 0. The second-order valence-corrected chi connectivity index (χ2v) is 2.34. The van der Waals surface area contributed by atoms with E-state index in [0.29, 0.717) is 0 Å². The molecule has 0 N–H and O–H groups in total. The minimum absolute atomic E-state index is 0.213. The van der Waals surface area contributed by atoms with Crippen LogP contribution in [0.25, 0.3) is 0 Å². The predicted octanol–water partition coefficient (Wildman–Crippen LogP) is 1.84. The van der Waals surface area contributed by atoms with Gasteiger partial charge in [0.25, 0.3) is 0 Å². The Hall–Kier alpha value is -0.0800. The summed E-state index contributed by atoms with van der Waals surface area (Å²) in [6.07, 6.45) is 1.49. The van der Waals surface area contributed by atoms with E-state index in [0.717, 1.165) is 13.0 Å². The molecule has 10 heavy (non-hydrogen) atoms. The van der Waals surface area contributed by atoms with Gasteiger partial charge in [0.15, 0.2) is 0 Å². The molecule has 0 saturated carbocycles. The van der Waals surface area contributed by atoms with Crippen LogP contribution in [0.4, 0.5) is 0 Å². The van der Waals surface area contributed by atoms with Gasteiger partial charge in [0.1, 0.15) is 0 Å². The normalized spacial score (nSPS) is 16.8. The van der Waals surface area contributed by atoms with Crippen molar-refractivity contribution >= 4 is 0 Å². The zero-order chi connectivity index (χ0) is 7.98. The van der Waals surface area contributed by atoms with Gasteiger partial charge in [0.05, 0.1) is 12.2 Å². The van der Waals surface area contributed by atoms with Crippen LogP contribution in [0.5, 0.6) is 0 Å². The summed E-state index contributed by atoms with van der Waals surface area (Å²) in [7, 11) is 1.71. The van der Waals surface area contributed by atoms with Crippen LogP contribution < -0.4 is 0 Å². The quantitative estimate of drug-likeness (QED) is 0.589. The van der Waals surface area contributed by atoms with Gasteiger partial charge in [-0.3, -0.25) is 0 Å². The SMILES string of the molecule is CCO[C@@H](CC)C(C)OC. The lowest BCUT2D eigenvalue weighted by atomic mass is 10.2. The molecule has 62 valence electrons. The molecule has 0 aromatic carbocycles. The third-order valence-electron chi connectivity index (χ3n) is 1.68. The van der Waals surface area contributed by atoms with Crippen LogP contribution in [0.2, 0.25) is 0 Å². The first-order valence-electron chi connectivity index (χ1n) is 3.90. The van der Waals surface area contributed by atoms with Crippen LogP contribution >= 0.6 is 0 Å². The topological polar surface area (TPSA) is 18.5 Å². The molecule has 0 saturated heterocycles. The summed E-state index contributed by atoms with van der Waals surface area (Å²) >= 11 is 0. The molecule has 0 radical (unpaired) electrons. The van der Waals surface area contributed by atoms with Gasteiger partial charge in [-0.05, 0) is 20.3 Å². The van der Waals surface area contributed by atoms with E-state index in [9.17, 15) is 0 Å². The Balaban J connectivity index is 3.56. The van der Waals surface area contributed by atoms with Crippen molar-refractivity contribution in [3.63, 3.8) is 0 Å². The molecule has 2 heteroatoms. The van der Waals surface area contributed by atoms with E-state index in [1.165, 1.54) is 0 Å². The summed E-state index contributed by atoms with van der Waals surface area (Å²) in [4.78, 5) is 0. The van der Waals surface area contributed by atoms with Crippen molar-refractivity contribution < 1.29 is 9.47 Å². The molecule has 0 amide bonds. The summed E-state index contributed by atoms with van der Waals surface area (Å²) < 4.78 is 10.5. The minimum Gasteiger partial charge on any atom is -0.379 e. The second kappa shape index (κ2) is 5.69. The molecule has 0 aromatic rings. The molecule has 0 aliphatic carbocycles. The maximum Gasteiger partial charge on any atom is 0.0831 e. The number of methoxy groups -OCH3 is 1. The number of ether oxygens (including phenoxy) is 2. The van der Waals surface area contributed by atoms with Crippen molar-refractivity contribution in [3.05, 3.63) is 0 Å². The molecule has 2 atom stereocenters. The summed E-state index contributed by atoms with van der Waals surface area (Å²) in [6.45, 7) is 6.91. The Kier molecular flexibility index (Phi) is 5.64. The highest BCUT2D eigenvalue weighted by atomic mass is 16.5. The standard InChI is InChI=1S/C8H18O2/c1-5-8(10-6-2)7(3)9-4/h7-8H,5-6H2,1-4H3/t7?,8-/m0/s1. The van der Waals surface area contributed by atoms with Gasteiger partial charge < -0.3 is 9.47 Å². The Labute approximate surface area is 63.5 Å². The van der Waals surface area contributed by atoms with E-state index < -0.39 is 0 Å². The van der Waals surface area contributed by atoms with Crippen molar-refractivity contribution in [2.24, 2.45) is 0 Å². The largest absolute Gasteiger partial charge is 0.379 e. The fourth-order valence-corrected chi connectivity index (χ4v) is 0.951. The molecule has 0 fully saturated rings. The number of hydrogen-bond donors (Lipinski definition) is 0. The molecule has 0 spiro atoms. The van der Waals surface area contributed by atoms with E-state index in [1.807, 2.05) is 13.8 Å². The van der Waals surface area contributed by atoms with E-state index in [4.69, 9.17) is 9.47 Å². The first-order chi connectivity index (χ1) is 4.76.